The number of hydrogen-bond acceptors (Lipinski definition) is 11. The van der Waals surface area contributed by atoms with Crippen molar-refractivity contribution in [2.75, 3.05) is 13.7 Å². The molecule has 0 saturated carbocycles. The number of esters is 1. The van der Waals surface area contributed by atoms with Gasteiger partial charge in [0.15, 0.2) is 6.10 Å². The van der Waals surface area contributed by atoms with Crippen LogP contribution in [-0.2, 0) is 43.0 Å². The lowest BCUT2D eigenvalue weighted by molar-refractivity contribution is -0.144. The number of fused-ring (bicyclic) bond motifs is 1. The van der Waals surface area contributed by atoms with E-state index in [9.17, 15) is 33.1 Å². The molecule has 0 amide bonds. The molecule has 39 heavy (non-hydrogen) atoms. The topological polar surface area (TPSA) is 187 Å². The molecule has 1 aromatic carbocycles. The van der Waals surface area contributed by atoms with Crippen molar-refractivity contribution in [3.63, 3.8) is 0 Å². The van der Waals surface area contributed by atoms with Gasteiger partial charge in [0.25, 0.3) is 0 Å². The van der Waals surface area contributed by atoms with Gasteiger partial charge < -0.3 is 34.2 Å². The number of hydrogen-bond donors (Lipinski definition) is 4. The summed E-state index contributed by atoms with van der Waals surface area (Å²) >= 11 is 1.32. The summed E-state index contributed by atoms with van der Waals surface area (Å²) in [5.41, 5.74) is -0.640. The van der Waals surface area contributed by atoms with Crippen LogP contribution in [0.1, 0.15) is 22.4 Å². The molecule has 3 heterocycles. The van der Waals surface area contributed by atoms with Crippen molar-refractivity contribution >= 4 is 35.2 Å². The SMILES string of the molecule is COc1cc(CO)c2sc(COC(=O)Cc3ccn([C@@H]4O[C@H](COP(=O)(O)O)[C@@H](O)C4(F)F)c(=O)n3)cc2c1. The van der Waals surface area contributed by atoms with Crippen LogP contribution in [0.2, 0.25) is 0 Å². The maximum atomic E-state index is 14.6. The van der Waals surface area contributed by atoms with Gasteiger partial charge in [0.1, 0.15) is 18.5 Å². The van der Waals surface area contributed by atoms with Crippen molar-refractivity contribution in [1.82, 2.24) is 9.55 Å². The molecule has 3 aromatic rings. The Morgan fingerprint density at radius 2 is 2.05 bits per heavy atom. The number of alkyl halides is 2. The summed E-state index contributed by atoms with van der Waals surface area (Å²) in [5.74, 6) is -4.21. The van der Waals surface area contributed by atoms with E-state index < -0.39 is 56.9 Å². The van der Waals surface area contributed by atoms with Crippen LogP contribution in [0.15, 0.2) is 35.3 Å². The molecule has 0 bridgehead atoms. The van der Waals surface area contributed by atoms with E-state index in [1.807, 2.05) is 0 Å². The average molecular weight is 592 g/mol. The summed E-state index contributed by atoms with van der Waals surface area (Å²) < 4.78 is 60.7. The number of benzene rings is 1. The molecule has 4 rings (SSSR count). The predicted octanol–water partition coefficient (Wildman–Crippen LogP) is 1.25. The number of carbonyl (C=O) groups is 1. The molecule has 1 saturated heterocycles. The lowest BCUT2D eigenvalue weighted by atomic mass is 10.1. The Hall–Kier alpha value is -2.82. The van der Waals surface area contributed by atoms with Crippen LogP contribution >= 0.6 is 19.2 Å². The summed E-state index contributed by atoms with van der Waals surface area (Å²) in [4.78, 5) is 46.6. The number of aliphatic hydroxyl groups excluding tert-OH is 2. The molecular formula is C22H23F2N2O11PS. The average Bonchev–Trinajstić information content (AvgIpc) is 3.38. The van der Waals surface area contributed by atoms with Crippen molar-refractivity contribution in [1.29, 1.82) is 0 Å². The third-order valence-electron chi connectivity index (χ3n) is 5.75. The highest BCUT2D eigenvalue weighted by Crippen LogP contribution is 2.44. The number of nitrogens with zero attached hydrogens (tertiary/aromatic N) is 2. The van der Waals surface area contributed by atoms with Crippen LogP contribution in [-0.4, -0.2) is 67.4 Å². The van der Waals surface area contributed by atoms with Gasteiger partial charge in [-0.3, -0.25) is 13.9 Å². The van der Waals surface area contributed by atoms with Gasteiger partial charge in [-0.2, -0.15) is 13.8 Å². The Morgan fingerprint density at radius 3 is 2.69 bits per heavy atom. The molecule has 0 spiro atoms. The van der Waals surface area contributed by atoms with Crippen LogP contribution in [0, 0.1) is 0 Å². The summed E-state index contributed by atoms with van der Waals surface area (Å²) in [6, 6.07) is 6.38. The molecule has 4 N–H and O–H groups in total. The first-order chi connectivity index (χ1) is 18.3. The molecule has 0 radical (unpaired) electrons. The van der Waals surface area contributed by atoms with E-state index in [1.54, 1.807) is 18.2 Å². The highest BCUT2D eigenvalue weighted by molar-refractivity contribution is 7.46. The second-order valence-electron chi connectivity index (χ2n) is 8.45. The standard InChI is InChI=1S/C22H23F2N2O11PS/c1-34-14-4-11-6-15(39-18(11)12(5-14)8-27)9-35-17(28)7-13-2-3-26(21(30)25-13)20-22(23,24)19(29)16(37-20)10-36-38(31,32)33/h2-6,16,19-20,27,29H,7-10H2,1H3,(H2,31,32,33)/t16-,19-,20-/m1/s1. The fraction of sp³-hybridized carbons (Fsp3) is 0.409. The summed E-state index contributed by atoms with van der Waals surface area (Å²) in [6.07, 6.45) is -6.26. The summed E-state index contributed by atoms with van der Waals surface area (Å²) in [6.45, 7) is -1.36. The van der Waals surface area contributed by atoms with Gasteiger partial charge in [0.2, 0.25) is 6.23 Å². The van der Waals surface area contributed by atoms with E-state index in [-0.39, 0.29) is 18.9 Å². The van der Waals surface area contributed by atoms with Gasteiger partial charge in [-0.1, -0.05) is 0 Å². The molecule has 212 valence electrons. The van der Waals surface area contributed by atoms with Crippen LogP contribution in [0.4, 0.5) is 8.78 Å². The van der Waals surface area contributed by atoms with Crippen molar-refractivity contribution in [2.45, 2.75) is 44.0 Å². The monoisotopic (exact) mass is 592 g/mol. The minimum Gasteiger partial charge on any atom is -0.497 e. The zero-order chi connectivity index (χ0) is 28.5. The van der Waals surface area contributed by atoms with E-state index >= 15 is 0 Å². The molecule has 3 atom stereocenters. The minimum absolute atomic E-state index is 0.0758. The Kier molecular flexibility index (Phi) is 8.49. The van der Waals surface area contributed by atoms with Crippen molar-refractivity contribution in [3.05, 3.63) is 57.1 Å². The number of aliphatic hydroxyl groups is 2. The molecule has 17 heteroatoms. The van der Waals surface area contributed by atoms with Crippen molar-refractivity contribution < 1.29 is 56.9 Å². The number of thiophene rings is 1. The Bertz CT molecular complexity index is 1470. The van der Waals surface area contributed by atoms with Crippen LogP contribution in [0.3, 0.4) is 0 Å². The quantitative estimate of drug-likeness (QED) is 0.195. The molecule has 0 aliphatic carbocycles. The Labute approximate surface area is 222 Å². The van der Waals surface area contributed by atoms with Gasteiger partial charge in [-0.15, -0.1) is 11.3 Å². The molecule has 1 aliphatic rings. The maximum absolute atomic E-state index is 14.6. The third kappa shape index (κ3) is 6.50. The zero-order valence-corrected chi connectivity index (χ0v) is 21.8. The minimum atomic E-state index is -5.02. The lowest BCUT2D eigenvalue weighted by Gasteiger charge is -2.21. The van der Waals surface area contributed by atoms with E-state index in [2.05, 4.69) is 9.51 Å². The van der Waals surface area contributed by atoms with Crippen molar-refractivity contribution in [3.8, 4) is 5.75 Å². The Balaban J connectivity index is 1.40. The number of ether oxygens (including phenoxy) is 3. The van der Waals surface area contributed by atoms with Gasteiger partial charge in [0, 0.05) is 15.8 Å². The van der Waals surface area contributed by atoms with Gasteiger partial charge in [-0.25, -0.2) is 9.36 Å². The van der Waals surface area contributed by atoms with Crippen LogP contribution in [0.5, 0.6) is 5.75 Å². The number of carbonyl (C=O) groups excluding carboxylic acids is 1. The number of rotatable bonds is 10. The van der Waals surface area contributed by atoms with E-state index in [0.717, 1.165) is 22.3 Å². The van der Waals surface area contributed by atoms with Gasteiger partial charge in [0.05, 0.1) is 32.4 Å². The highest BCUT2D eigenvalue weighted by Gasteiger charge is 2.60. The number of halogens is 2. The second kappa shape index (κ2) is 11.3. The zero-order valence-electron chi connectivity index (χ0n) is 20.1. The first kappa shape index (κ1) is 29.2. The fourth-order valence-corrected chi connectivity index (χ4v) is 5.30. The van der Waals surface area contributed by atoms with E-state index in [0.29, 0.717) is 20.8 Å². The first-order valence-electron chi connectivity index (χ1n) is 11.2. The third-order valence-corrected chi connectivity index (χ3v) is 7.44. The smallest absolute Gasteiger partial charge is 0.469 e. The highest BCUT2D eigenvalue weighted by atomic mass is 32.1. The summed E-state index contributed by atoms with van der Waals surface area (Å²) in [5, 5.41) is 20.2. The predicted molar refractivity (Wildman–Crippen MR) is 129 cm³/mol. The van der Waals surface area contributed by atoms with E-state index in [1.165, 1.54) is 18.4 Å². The number of phosphoric ester groups is 1. The molecule has 1 aliphatic heterocycles. The number of phosphoric acid groups is 1. The lowest BCUT2D eigenvalue weighted by Crippen LogP contribution is -2.42. The summed E-state index contributed by atoms with van der Waals surface area (Å²) in [7, 11) is -3.52. The first-order valence-corrected chi connectivity index (χ1v) is 13.5. The molecule has 0 unspecified atom stereocenters. The van der Waals surface area contributed by atoms with E-state index in [4.69, 9.17) is 24.0 Å². The molecule has 2 aromatic heterocycles. The normalized spacial score (nSPS) is 20.8. The van der Waals surface area contributed by atoms with Crippen LogP contribution < -0.4 is 10.4 Å². The van der Waals surface area contributed by atoms with Gasteiger partial charge >= 0.3 is 25.4 Å². The van der Waals surface area contributed by atoms with Crippen LogP contribution in [0.25, 0.3) is 10.1 Å². The maximum Gasteiger partial charge on any atom is 0.469 e. The molecule has 1 fully saturated rings. The second-order valence-corrected chi connectivity index (χ2v) is 10.8. The van der Waals surface area contributed by atoms with Crippen molar-refractivity contribution in [2.24, 2.45) is 0 Å². The fourth-order valence-electron chi connectivity index (χ4n) is 3.91. The molecular weight excluding hydrogens is 569 g/mol. The number of methoxy groups -OCH3 is 1. The van der Waals surface area contributed by atoms with Gasteiger partial charge in [-0.05, 0) is 35.2 Å². The number of aromatic nitrogens is 2. The Morgan fingerprint density at radius 1 is 1.31 bits per heavy atom. The largest absolute Gasteiger partial charge is 0.497 e. The molecule has 13 nitrogen and oxygen atoms in total.